The van der Waals surface area contributed by atoms with E-state index >= 15 is 0 Å². The van der Waals surface area contributed by atoms with Crippen molar-refractivity contribution in [2.45, 2.75) is 24.9 Å². The van der Waals surface area contributed by atoms with Gasteiger partial charge in [-0.1, -0.05) is 0 Å². The first-order chi connectivity index (χ1) is 12.2. The van der Waals surface area contributed by atoms with Crippen molar-refractivity contribution >= 4 is 11.6 Å². The number of nitrogens with zero attached hydrogens (tertiary/aromatic N) is 2. The normalized spacial score (nSPS) is 18.8. The van der Waals surface area contributed by atoms with Crippen LogP contribution in [-0.4, -0.2) is 47.2 Å². The van der Waals surface area contributed by atoms with Crippen LogP contribution in [0, 0.1) is 5.82 Å². The number of benzene rings is 1. The van der Waals surface area contributed by atoms with E-state index < -0.39 is 0 Å². The van der Waals surface area contributed by atoms with E-state index in [1.54, 1.807) is 12.1 Å². The highest BCUT2D eigenvalue weighted by atomic mass is 19.1. The number of hydrogen-bond donors (Lipinski definition) is 2. The molecule has 1 aromatic carbocycles. The molecule has 2 N–H and O–H groups in total. The van der Waals surface area contributed by atoms with Gasteiger partial charge in [-0.2, -0.15) is 5.10 Å². The summed E-state index contributed by atoms with van der Waals surface area (Å²) in [5.74, 6) is -0.247. The summed E-state index contributed by atoms with van der Waals surface area (Å²) < 4.78 is 19.0. The number of ether oxygens (including phenoxy) is 1. The fourth-order valence-electron chi connectivity index (χ4n) is 3.69. The molecule has 1 fully saturated rings. The Bertz CT molecular complexity index is 751. The molecule has 7 heteroatoms. The van der Waals surface area contributed by atoms with Crippen LogP contribution < -0.4 is 5.32 Å². The Morgan fingerprint density at radius 1 is 1.32 bits per heavy atom. The van der Waals surface area contributed by atoms with E-state index in [0.717, 1.165) is 30.6 Å². The number of piperidine rings is 1. The molecule has 0 aliphatic carbocycles. The maximum absolute atomic E-state index is 12.9. The van der Waals surface area contributed by atoms with Crippen LogP contribution in [-0.2, 0) is 21.6 Å². The fraction of sp³-hybridized carbons (Fsp3) is 0.444. The number of carbonyl (C=O) groups is 1. The van der Waals surface area contributed by atoms with Crippen LogP contribution >= 0.6 is 0 Å². The molecule has 2 aliphatic heterocycles. The number of hydrogen-bond acceptors (Lipinski definition) is 4. The van der Waals surface area contributed by atoms with E-state index in [2.05, 4.69) is 15.5 Å². The molecule has 1 spiro atoms. The summed E-state index contributed by atoms with van der Waals surface area (Å²) in [7, 11) is 0. The van der Waals surface area contributed by atoms with Crippen LogP contribution in [0.2, 0.25) is 0 Å². The summed E-state index contributed by atoms with van der Waals surface area (Å²) in [6.07, 6.45) is 4.30. The largest absolute Gasteiger partial charge is 0.376 e. The molecule has 0 bridgehead atoms. The molecule has 6 nitrogen and oxygen atoms in total. The van der Waals surface area contributed by atoms with Gasteiger partial charge in [0.15, 0.2) is 0 Å². The second-order valence-electron chi connectivity index (χ2n) is 6.60. The van der Waals surface area contributed by atoms with Crippen molar-refractivity contribution in [2.75, 3.05) is 31.6 Å². The summed E-state index contributed by atoms with van der Waals surface area (Å²) in [5.41, 5.74) is 2.71. The van der Waals surface area contributed by atoms with Crippen molar-refractivity contribution in [1.29, 1.82) is 0 Å². The van der Waals surface area contributed by atoms with Crippen LogP contribution in [0.1, 0.15) is 24.1 Å². The summed E-state index contributed by atoms with van der Waals surface area (Å²) in [4.78, 5) is 14.3. The SMILES string of the molecule is O=C(CNc1ccc(F)cc1)N1CCC2(CC1)OCCc1cn[nH]c12. The van der Waals surface area contributed by atoms with E-state index in [0.29, 0.717) is 19.7 Å². The van der Waals surface area contributed by atoms with Crippen LogP contribution in [0.4, 0.5) is 10.1 Å². The van der Waals surface area contributed by atoms with Crippen molar-refractivity contribution < 1.29 is 13.9 Å². The average Bonchev–Trinajstić information content (AvgIpc) is 3.12. The number of carbonyl (C=O) groups excluding carboxylic acids is 1. The average molecular weight is 344 g/mol. The molecule has 132 valence electrons. The number of fused-ring (bicyclic) bond motifs is 2. The Hall–Kier alpha value is -2.41. The summed E-state index contributed by atoms with van der Waals surface area (Å²) in [6, 6.07) is 6.01. The predicted octanol–water partition coefficient (Wildman–Crippen LogP) is 2.05. The van der Waals surface area contributed by atoms with E-state index in [1.165, 1.54) is 17.7 Å². The number of nitrogens with one attached hydrogen (secondary N) is 2. The van der Waals surface area contributed by atoms with Gasteiger partial charge in [-0.25, -0.2) is 4.39 Å². The Labute approximate surface area is 145 Å². The zero-order chi connectivity index (χ0) is 17.3. The first-order valence-corrected chi connectivity index (χ1v) is 8.60. The predicted molar refractivity (Wildman–Crippen MR) is 90.6 cm³/mol. The lowest BCUT2D eigenvalue weighted by Gasteiger charge is -2.43. The van der Waals surface area contributed by atoms with Gasteiger partial charge >= 0.3 is 0 Å². The van der Waals surface area contributed by atoms with Crippen molar-refractivity contribution in [2.24, 2.45) is 0 Å². The third kappa shape index (κ3) is 3.11. The lowest BCUT2D eigenvalue weighted by Crippen LogP contribution is -2.49. The number of aromatic nitrogens is 2. The van der Waals surface area contributed by atoms with E-state index in [9.17, 15) is 9.18 Å². The highest BCUT2D eigenvalue weighted by Gasteiger charge is 2.42. The zero-order valence-electron chi connectivity index (χ0n) is 13.9. The standard InChI is InChI=1S/C18H21FN4O2/c19-14-1-3-15(4-2-14)20-12-16(24)23-8-6-18(7-9-23)17-13(5-10-25-18)11-21-22-17/h1-4,11,20H,5-10,12H2,(H,21,22). The molecular weight excluding hydrogens is 323 g/mol. The van der Waals surface area contributed by atoms with Gasteiger partial charge in [-0.15, -0.1) is 0 Å². The summed E-state index contributed by atoms with van der Waals surface area (Å²) in [5, 5.41) is 10.3. The third-order valence-corrected chi connectivity index (χ3v) is 5.14. The van der Waals surface area contributed by atoms with Crippen molar-refractivity contribution in [1.82, 2.24) is 15.1 Å². The van der Waals surface area contributed by atoms with Gasteiger partial charge in [0.1, 0.15) is 11.4 Å². The number of halogens is 1. The van der Waals surface area contributed by atoms with Crippen molar-refractivity contribution in [3.05, 3.63) is 47.5 Å². The molecule has 2 aliphatic rings. The van der Waals surface area contributed by atoms with E-state index in [-0.39, 0.29) is 23.9 Å². The molecule has 0 unspecified atom stereocenters. The minimum Gasteiger partial charge on any atom is -0.376 e. The monoisotopic (exact) mass is 344 g/mol. The molecule has 3 heterocycles. The topological polar surface area (TPSA) is 70.2 Å². The summed E-state index contributed by atoms with van der Waals surface area (Å²) in [6.45, 7) is 2.21. The van der Waals surface area contributed by atoms with Gasteiger partial charge in [-0.3, -0.25) is 9.89 Å². The molecule has 1 aromatic heterocycles. The van der Waals surface area contributed by atoms with E-state index in [1.807, 2.05) is 11.1 Å². The van der Waals surface area contributed by atoms with Crippen LogP contribution in [0.3, 0.4) is 0 Å². The minimum atomic E-state index is -0.328. The summed E-state index contributed by atoms with van der Waals surface area (Å²) >= 11 is 0. The molecule has 4 rings (SSSR count). The Kier molecular flexibility index (Phi) is 4.17. The molecule has 1 saturated heterocycles. The molecule has 0 radical (unpaired) electrons. The van der Waals surface area contributed by atoms with Crippen LogP contribution in [0.25, 0.3) is 0 Å². The Balaban J connectivity index is 1.34. The molecule has 1 amide bonds. The van der Waals surface area contributed by atoms with Gasteiger partial charge in [0.05, 0.1) is 25.0 Å². The molecule has 0 atom stereocenters. The molecule has 25 heavy (non-hydrogen) atoms. The first kappa shape index (κ1) is 16.1. The van der Waals surface area contributed by atoms with Crippen LogP contribution in [0.5, 0.6) is 0 Å². The van der Waals surface area contributed by atoms with Crippen molar-refractivity contribution in [3.63, 3.8) is 0 Å². The Morgan fingerprint density at radius 3 is 2.84 bits per heavy atom. The van der Waals surface area contributed by atoms with Gasteiger partial charge in [0.25, 0.3) is 0 Å². The number of rotatable bonds is 3. The van der Waals surface area contributed by atoms with Crippen LogP contribution in [0.15, 0.2) is 30.5 Å². The highest BCUT2D eigenvalue weighted by molar-refractivity contribution is 5.81. The zero-order valence-corrected chi connectivity index (χ0v) is 13.9. The minimum absolute atomic E-state index is 0.0415. The van der Waals surface area contributed by atoms with Gasteiger partial charge in [0, 0.05) is 18.8 Å². The van der Waals surface area contributed by atoms with Gasteiger partial charge in [0.2, 0.25) is 5.91 Å². The van der Waals surface area contributed by atoms with Gasteiger partial charge < -0.3 is 15.0 Å². The molecule has 0 saturated carbocycles. The van der Waals surface area contributed by atoms with Gasteiger partial charge in [-0.05, 0) is 49.1 Å². The maximum Gasteiger partial charge on any atom is 0.241 e. The van der Waals surface area contributed by atoms with Crippen molar-refractivity contribution in [3.8, 4) is 0 Å². The maximum atomic E-state index is 12.9. The van der Waals surface area contributed by atoms with E-state index in [4.69, 9.17) is 4.74 Å². The Morgan fingerprint density at radius 2 is 2.08 bits per heavy atom. The second-order valence-corrected chi connectivity index (χ2v) is 6.60. The second kappa shape index (κ2) is 6.48. The number of anilines is 1. The fourth-order valence-corrected chi connectivity index (χ4v) is 3.69. The lowest BCUT2D eigenvalue weighted by atomic mass is 9.84. The quantitative estimate of drug-likeness (QED) is 0.894. The number of H-pyrrole nitrogens is 1. The molecule has 2 aromatic rings. The number of likely N-dealkylation sites (tertiary alicyclic amines) is 1. The highest BCUT2D eigenvalue weighted by Crippen LogP contribution is 2.40. The number of amides is 1. The third-order valence-electron chi connectivity index (χ3n) is 5.14. The first-order valence-electron chi connectivity index (χ1n) is 8.60. The lowest BCUT2D eigenvalue weighted by molar-refractivity contribution is -0.139. The smallest absolute Gasteiger partial charge is 0.241 e. The number of aromatic amines is 1. The molecular formula is C18H21FN4O2.